The van der Waals surface area contributed by atoms with Crippen LogP contribution in [-0.2, 0) is 21.1 Å². The second kappa shape index (κ2) is 12.7. The van der Waals surface area contributed by atoms with Gasteiger partial charge in [-0.2, -0.15) is 17.6 Å². The first-order valence-electron chi connectivity index (χ1n) is 13.3. The second-order valence-electron chi connectivity index (χ2n) is 10.0. The fourth-order valence-electron chi connectivity index (χ4n) is 4.70. The summed E-state index contributed by atoms with van der Waals surface area (Å²) in [5.41, 5.74) is 1.58. The Balaban J connectivity index is 0.00000461. The number of nitrogens with one attached hydrogen (secondary N) is 1. The predicted molar refractivity (Wildman–Crippen MR) is 152 cm³/mol. The van der Waals surface area contributed by atoms with E-state index >= 15 is 0 Å². The van der Waals surface area contributed by atoms with Crippen LogP contribution in [0.4, 0.5) is 23.5 Å². The largest absolute Gasteiger partial charge is 0.435 e. The molecule has 4 aromatic rings. The highest BCUT2D eigenvalue weighted by atomic mass is 32.2. The van der Waals surface area contributed by atoms with Crippen LogP contribution in [0.3, 0.4) is 0 Å². The number of aromatic nitrogens is 4. The van der Waals surface area contributed by atoms with Gasteiger partial charge in [-0.15, -0.1) is 0 Å². The van der Waals surface area contributed by atoms with Crippen molar-refractivity contribution >= 4 is 32.6 Å². The molecule has 4 heterocycles. The Morgan fingerprint density at radius 3 is 2.48 bits per heavy atom. The molecule has 3 aromatic heterocycles. The van der Waals surface area contributed by atoms with E-state index in [0.717, 1.165) is 6.07 Å². The number of pyridine rings is 2. The van der Waals surface area contributed by atoms with Gasteiger partial charge in [0.25, 0.3) is 5.91 Å². The van der Waals surface area contributed by atoms with Gasteiger partial charge >= 0.3 is 12.4 Å². The molecule has 1 aromatic carbocycles. The normalized spacial score (nSPS) is 17.3. The van der Waals surface area contributed by atoms with Gasteiger partial charge in [0, 0.05) is 37.9 Å². The lowest BCUT2D eigenvalue weighted by Crippen LogP contribution is -2.46. The molecule has 1 amide bonds. The molecule has 1 fully saturated rings. The summed E-state index contributed by atoms with van der Waals surface area (Å²) >= 11 is 0. The van der Waals surface area contributed by atoms with E-state index in [9.17, 15) is 30.8 Å². The summed E-state index contributed by atoms with van der Waals surface area (Å²) < 4.78 is 85.5. The fraction of sp³-hybridized carbons (Fsp3) is 0.321. The third-order valence-corrected chi connectivity index (χ3v) is 7.96. The van der Waals surface area contributed by atoms with Crippen molar-refractivity contribution in [3.05, 3.63) is 66.1 Å². The lowest BCUT2D eigenvalue weighted by Gasteiger charge is -2.35. The Bertz CT molecular complexity index is 1790. The molecule has 1 saturated heterocycles. The molecule has 5 rings (SSSR count). The number of hydrogen-bond donors (Lipinski definition) is 1. The van der Waals surface area contributed by atoms with Crippen molar-refractivity contribution in [1.82, 2.24) is 25.3 Å². The molecule has 2 atom stereocenters. The molecule has 0 radical (unpaired) electrons. The first-order chi connectivity index (χ1) is 20.9. The quantitative estimate of drug-likeness (QED) is 0.262. The predicted octanol–water partition coefficient (Wildman–Crippen LogP) is 4.47. The van der Waals surface area contributed by atoms with Gasteiger partial charge in [-0.05, 0) is 56.3 Å². The number of nitrogens with zero attached hydrogens (tertiary/aromatic N) is 5. The maximum absolute atomic E-state index is 13.1. The van der Waals surface area contributed by atoms with Gasteiger partial charge in [0.1, 0.15) is 5.75 Å². The molecule has 0 saturated carbocycles. The molecule has 0 unspecified atom stereocenters. The molecule has 1 aliphatic heterocycles. The summed E-state index contributed by atoms with van der Waals surface area (Å²) in [5.74, 6) is -4.98. The minimum atomic E-state index is -5.20. The van der Waals surface area contributed by atoms with Crippen molar-refractivity contribution in [3.8, 4) is 17.1 Å². The summed E-state index contributed by atoms with van der Waals surface area (Å²) in [6, 6.07) is 8.94. The number of benzene rings is 1. The number of alkyl halides is 4. The van der Waals surface area contributed by atoms with Crippen LogP contribution in [0.1, 0.15) is 31.3 Å². The van der Waals surface area contributed by atoms with Gasteiger partial charge in [-0.1, -0.05) is 0 Å². The van der Waals surface area contributed by atoms with Crippen molar-refractivity contribution < 1.29 is 41.7 Å². The Morgan fingerprint density at radius 2 is 1.77 bits per heavy atom. The topological polar surface area (TPSA) is 136 Å². The maximum atomic E-state index is 13.1. The van der Waals surface area contributed by atoms with E-state index in [4.69, 9.17) is 14.7 Å². The van der Waals surface area contributed by atoms with Crippen LogP contribution in [0.15, 0.2) is 59.8 Å². The number of hydrogen-bond acceptors (Lipinski definition) is 10. The highest BCUT2D eigenvalue weighted by molar-refractivity contribution is 7.91. The summed E-state index contributed by atoms with van der Waals surface area (Å²) in [4.78, 5) is 31.9. The summed E-state index contributed by atoms with van der Waals surface area (Å²) in [6.45, 7) is 1.70. The number of rotatable bonds is 9. The zero-order valence-corrected chi connectivity index (χ0v) is 24.1. The SMILES string of the molecule is C[C@@H]1CN(c2nccc(-c3ccc4cnc(CNC(=O)c5cc(OC(F)F)cc(S(=O)(=O)C(F)F)c5)cc4n3)n2)C[C@H](C)O1.[HH]. The fourth-order valence-corrected chi connectivity index (χ4v) is 5.47. The molecule has 44 heavy (non-hydrogen) atoms. The molecule has 0 bridgehead atoms. The van der Waals surface area contributed by atoms with Gasteiger partial charge in [-0.3, -0.25) is 9.78 Å². The highest BCUT2D eigenvalue weighted by Crippen LogP contribution is 2.27. The molecular weight excluding hydrogens is 608 g/mol. The van der Waals surface area contributed by atoms with Crippen molar-refractivity contribution in [2.24, 2.45) is 0 Å². The summed E-state index contributed by atoms with van der Waals surface area (Å²) in [5, 5.41) is 3.18. The standard InChI is InChI=1S/C28H26F4N6O5S.H2/c1-15-13-38(14-16(2)42-15)28-33-6-5-23(37-28)22-4-3-17-11-34-19(9-24(17)36-22)12-35-25(39)18-7-20(43-26(29)30)10-21(8-18)44(40,41)27(31)32;/h3-11,15-16,26-27H,12-14H2,1-2H3,(H,35,39);1H/t15-,16+;. The smallest absolute Gasteiger partial charge is 0.387 e. The second-order valence-corrected chi connectivity index (χ2v) is 11.9. The Labute approximate surface area is 250 Å². The monoisotopic (exact) mass is 636 g/mol. The Morgan fingerprint density at radius 1 is 1.05 bits per heavy atom. The molecule has 1 N–H and O–H groups in total. The van der Waals surface area contributed by atoms with E-state index in [1.165, 1.54) is 0 Å². The van der Waals surface area contributed by atoms with Crippen LogP contribution in [0.25, 0.3) is 22.3 Å². The van der Waals surface area contributed by atoms with Gasteiger partial charge in [0.2, 0.25) is 15.8 Å². The highest BCUT2D eigenvalue weighted by Gasteiger charge is 2.29. The van der Waals surface area contributed by atoms with E-state index in [2.05, 4.69) is 24.9 Å². The Hall–Kier alpha value is -4.44. The Kier molecular flexibility index (Phi) is 8.92. The van der Waals surface area contributed by atoms with Gasteiger partial charge < -0.3 is 19.7 Å². The van der Waals surface area contributed by atoms with Gasteiger partial charge in [0.05, 0.1) is 46.2 Å². The molecular formula is C28H28F4N6O5S. The van der Waals surface area contributed by atoms with Crippen LogP contribution in [0.2, 0.25) is 0 Å². The minimum Gasteiger partial charge on any atom is -0.435 e. The number of amides is 1. The van der Waals surface area contributed by atoms with Crippen molar-refractivity contribution in [2.45, 2.75) is 49.9 Å². The van der Waals surface area contributed by atoms with Crippen LogP contribution in [-0.4, -0.2) is 71.9 Å². The first kappa shape index (κ1) is 31.0. The summed E-state index contributed by atoms with van der Waals surface area (Å²) in [7, 11) is -5.20. The number of carbonyl (C=O) groups is 1. The molecule has 16 heteroatoms. The molecule has 1 aliphatic rings. The van der Waals surface area contributed by atoms with Crippen LogP contribution in [0, 0.1) is 0 Å². The number of halogens is 4. The van der Waals surface area contributed by atoms with E-state index in [1.54, 1.807) is 30.6 Å². The third-order valence-electron chi connectivity index (χ3n) is 6.60. The van der Waals surface area contributed by atoms with E-state index < -0.39 is 44.3 Å². The van der Waals surface area contributed by atoms with Crippen LogP contribution in [0.5, 0.6) is 5.75 Å². The first-order valence-corrected chi connectivity index (χ1v) is 14.8. The number of ether oxygens (including phenoxy) is 2. The lowest BCUT2D eigenvalue weighted by atomic mass is 10.2. The zero-order chi connectivity index (χ0) is 31.6. The van der Waals surface area contributed by atoms with Crippen LogP contribution < -0.4 is 15.0 Å². The van der Waals surface area contributed by atoms with Crippen molar-refractivity contribution in [3.63, 3.8) is 0 Å². The molecule has 234 valence electrons. The van der Waals surface area contributed by atoms with E-state index in [0.29, 0.717) is 59.2 Å². The van der Waals surface area contributed by atoms with Gasteiger partial charge in [-0.25, -0.2) is 23.4 Å². The zero-order valence-electron chi connectivity index (χ0n) is 23.3. The molecule has 11 nitrogen and oxygen atoms in total. The number of sulfone groups is 1. The minimum absolute atomic E-state index is 0. The van der Waals surface area contributed by atoms with E-state index in [1.807, 2.05) is 19.9 Å². The number of fused-ring (bicyclic) bond motifs is 1. The van der Waals surface area contributed by atoms with Crippen molar-refractivity contribution in [1.29, 1.82) is 0 Å². The van der Waals surface area contributed by atoms with Crippen LogP contribution >= 0.6 is 0 Å². The maximum Gasteiger partial charge on any atom is 0.387 e. The van der Waals surface area contributed by atoms with Gasteiger partial charge in [0.15, 0.2) is 0 Å². The number of carbonyl (C=O) groups excluding carboxylic acids is 1. The lowest BCUT2D eigenvalue weighted by molar-refractivity contribution is -0.0500. The average Bonchev–Trinajstić information content (AvgIpc) is 2.98. The average molecular weight is 637 g/mol. The molecule has 0 aliphatic carbocycles. The molecule has 0 spiro atoms. The third kappa shape index (κ3) is 7.02. The number of morpholine rings is 1. The van der Waals surface area contributed by atoms with E-state index in [-0.39, 0.29) is 20.2 Å². The van der Waals surface area contributed by atoms with Crippen molar-refractivity contribution in [2.75, 3.05) is 18.0 Å². The summed E-state index contributed by atoms with van der Waals surface area (Å²) in [6.07, 6.45) is 3.25. The number of anilines is 1.